The van der Waals surface area contributed by atoms with E-state index < -0.39 is 29.5 Å². The highest BCUT2D eigenvalue weighted by molar-refractivity contribution is 6.32. The Morgan fingerprint density at radius 3 is 2.59 bits per heavy atom. The highest BCUT2D eigenvalue weighted by atomic mass is 35.5. The first-order chi connectivity index (χ1) is 10.3. The fourth-order valence-corrected chi connectivity index (χ4v) is 2.33. The van der Waals surface area contributed by atoms with Gasteiger partial charge in [-0.15, -0.1) is 0 Å². The second-order valence-electron chi connectivity index (χ2n) is 4.80. The molecule has 0 radical (unpaired) electrons. The second-order valence-corrected chi connectivity index (χ2v) is 5.20. The van der Waals surface area contributed by atoms with E-state index in [1.165, 1.54) is 25.1 Å². The van der Waals surface area contributed by atoms with Crippen LogP contribution in [-0.2, 0) is 4.79 Å². The number of phenolic OH excluding ortho intramolecular Hbond substituents is 1. The van der Waals surface area contributed by atoms with Gasteiger partial charge in [0.2, 0.25) is 11.2 Å². The lowest BCUT2D eigenvalue weighted by molar-refractivity contribution is -0.137. The number of hydrogen-bond donors (Lipinski definition) is 3. The predicted molar refractivity (Wildman–Crippen MR) is 78.6 cm³/mol. The van der Waals surface area contributed by atoms with Crippen molar-refractivity contribution in [2.45, 2.75) is 19.3 Å². The van der Waals surface area contributed by atoms with Crippen molar-refractivity contribution in [3.8, 4) is 11.5 Å². The number of hydrogen-bond acceptors (Lipinski definition) is 5. The zero-order valence-electron chi connectivity index (χ0n) is 11.5. The average Bonchev–Trinajstić information content (AvgIpc) is 2.43. The molecule has 0 saturated carbocycles. The normalized spacial score (nSPS) is 12.1. The van der Waals surface area contributed by atoms with Crippen molar-refractivity contribution in [2.75, 3.05) is 0 Å². The molecule has 0 spiro atoms. The maximum Gasteiger partial charge on any atom is 0.304 e. The van der Waals surface area contributed by atoms with Gasteiger partial charge in [0.1, 0.15) is 11.5 Å². The minimum atomic E-state index is -1.14. The van der Waals surface area contributed by atoms with Crippen LogP contribution in [0.15, 0.2) is 33.5 Å². The number of carboxylic acids is 1. The van der Waals surface area contributed by atoms with E-state index >= 15 is 0 Å². The van der Waals surface area contributed by atoms with Crippen LogP contribution >= 0.6 is 11.6 Å². The Morgan fingerprint density at radius 1 is 1.32 bits per heavy atom. The van der Waals surface area contributed by atoms with Gasteiger partial charge in [-0.3, -0.25) is 9.59 Å². The van der Waals surface area contributed by atoms with Crippen LogP contribution < -0.4 is 5.43 Å². The van der Waals surface area contributed by atoms with E-state index in [1.807, 2.05) is 0 Å². The lowest BCUT2D eigenvalue weighted by atomic mass is 9.92. The van der Waals surface area contributed by atoms with Gasteiger partial charge in [-0.25, -0.2) is 0 Å². The number of rotatable bonds is 4. The number of aryl methyl sites for hydroxylation is 1. The van der Waals surface area contributed by atoms with Gasteiger partial charge in [-0.2, -0.15) is 0 Å². The fraction of sp³-hybridized carbons (Fsp3) is 0.200. The smallest absolute Gasteiger partial charge is 0.304 e. The summed E-state index contributed by atoms with van der Waals surface area (Å²) >= 11 is 5.83. The maximum absolute atomic E-state index is 11.7. The van der Waals surface area contributed by atoms with Crippen molar-refractivity contribution in [3.63, 3.8) is 0 Å². The van der Waals surface area contributed by atoms with Gasteiger partial charge >= 0.3 is 5.97 Å². The first-order valence-corrected chi connectivity index (χ1v) is 6.71. The van der Waals surface area contributed by atoms with E-state index in [0.29, 0.717) is 5.56 Å². The van der Waals surface area contributed by atoms with Gasteiger partial charge in [-0.05, 0) is 24.6 Å². The molecule has 3 N–H and O–H groups in total. The molecular formula is C15H13ClO6. The Balaban J connectivity index is 2.62. The van der Waals surface area contributed by atoms with Gasteiger partial charge in [0.25, 0.3) is 0 Å². The molecule has 0 aliphatic rings. The Morgan fingerprint density at radius 2 is 2.00 bits per heavy atom. The van der Waals surface area contributed by atoms with Gasteiger partial charge in [-0.1, -0.05) is 17.7 Å². The summed E-state index contributed by atoms with van der Waals surface area (Å²) < 4.78 is 5.36. The highest BCUT2D eigenvalue weighted by Gasteiger charge is 2.26. The van der Waals surface area contributed by atoms with E-state index in [4.69, 9.17) is 21.1 Å². The molecule has 2 rings (SSSR count). The average molecular weight is 325 g/mol. The van der Waals surface area contributed by atoms with Crippen molar-refractivity contribution in [2.24, 2.45) is 0 Å². The molecule has 1 unspecified atom stereocenters. The molecule has 0 aliphatic heterocycles. The molecule has 0 amide bonds. The van der Waals surface area contributed by atoms with E-state index in [-0.39, 0.29) is 22.3 Å². The highest BCUT2D eigenvalue weighted by Crippen LogP contribution is 2.36. The molecule has 6 nitrogen and oxygen atoms in total. The zero-order valence-corrected chi connectivity index (χ0v) is 12.3. The lowest BCUT2D eigenvalue weighted by Crippen LogP contribution is -2.12. The molecule has 7 heteroatoms. The molecular weight excluding hydrogens is 312 g/mol. The number of carbonyl (C=O) groups is 1. The Hall–Kier alpha value is -2.47. The van der Waals surface area contributed by atoms with Crippen molar-refractivity contribution in [3.05, 3.63) is 56.6 Å². The third-order valence-electron chi connectivity index (χ3n) is 3.14. The molecule has 1 atom stereocenters. The quantitative estimate of drug-likeness (QED) is 0.797. The van der Waals surface area contributed by atoms with Crippen LogP contribution in [0.5, 0.6) is 11.5 Å². The lowest BCUT2D eigenvalue weighted by Gasteiger charge is -2.16. The summed E-state index contributed by atoms with van der Waals surface area (Å²) in [5.74, 6) is -2.75. The summed E-state index contributed by atoms with van der Waals surface area (Å²) in [6.45, 7) is 1.52. The molecule has 116 valence electrons. The third kappa shape index (κ3) is 3.23. The largest absolute Gasteiger partial charge is 0.506 e. The van der Waals surface area contributed by atoms with E-state index in [1.54, 1.807) is 0 Å². The van der Waals surface area contributed by atoms with Gasteiger partial charge in [0, 0.05) is 6.07 Å². The predicted octanol–water partition coefficient (Wildman–Crippen LogP) is 2.62. The van der Waals surface area contributed by atoms with Gasteiger partial charge < -0.3 is 19.7 Å². The van der Waals surface area contributed by atoms with Crippen LogP contribution in [0.4, 0.5) is 0 Å². The Kier molecular flexibility index (Phi) is 4.42. The molecule has 0 aliphatic carbocycles. The number of phenols is 1. The van der Waals surface area contributed by atoms with E-state index in [0.717, 1.165) is 6.07 Å². The molecule has 0 fully saturated rings. The Labute approximate surface area is 130 Å². The number of carboxylic acid groups (broad SMARTS) is 1. The zero-order chi connectivity index (χ0) is 16.4. The number of halogens is 1. The van der Waals surface area contributed by atoms with Crippen LogP contribution in [0.1, 0.15) is 29.4 Å². The fourth-order valence-electron chi connectivity index (χ4n) is 2.14. The van der Waals surface area contributed by atoms with Crippen LogP contribution in [0.2, 0.25) is 5.02 Å². The number of aliphatic carboxylic acids is 1. The molecule has 0 bridgehead atoms. The topological polar surface area (TPSA) is 108 Å². The molecule has 22 heavy (non-hydrogen) atoms. The van der Waals surface area contributed by atoms with Gasteiger partial charge in [0.15, 0.2) is 5.76 Å². The summed E-state index contributed by atoms with van der Waals surface area (Å²) in [7, 11) is 0. The van der Waals surface area contributed by atoms with Crippen molar-refractivity contribution in [1.29, 1.82) is 0 Å². The monoisotopic (exact) mass is 324 g/mol. The van der Waals surface area contributed by atoms with Crippen molar-refractivity contribution in [1.82, 2.24) is 0 Å². The van der Waals surface area contributed by atoms with Crippen molar-refractivity contribution >= 4 is 17.6 Å². The molecule has 1 aromatic carbocycles. The summed E-state index contributed by atoms with van der Waals surface area (Å²) in [6.07, 6.45) is -0.416. The van der Waals surface area contributed by atoms with Crippen LogP contribution in [0, 0.1) is 6.92 Å². The summed E-state index contributed by atoms with van der Waals surface area (Å²) in [5.41, 5.74) is -0.256. The van der Waals surface area contributed by atoms with Crippen LogP contribution in [0.3, 0.4) is 0 Å². The first kappa shape index (κ1) is 15.9. The summed E-state index contributed by atoms with van der Waals surface area (Å²) in [6, 6.07) is 5.24. The maximum atomic E-state index is 11.7. The Bertz CT molecular complexity index is 780. The van der Waals surface area contributed by atoms with E-state index in [9.17, 15) is 19.8 Å². The first-order valence-electron chi connectivity index (χ1n) is 6.33. The van der Waals surface area contributed by atoms with Crippen LogP contribution in [-0.4, -0.2) is 21.3 Å². The summed E-state index contributed by atoms with van der Waals surface area (Å²) in [5, 5.41) is 28.5. The number of aromatic hydroxyl groups is 2. The minimum Gasteiger partial charge on any atom is -0.506 e. The SMILES string of the molecule is Cc1cc(=O)c(O)c(C(CC(=O)O)c2ccc(O)c(Cl)c2)o1. The van der Waals surface area contributed by atoms with Gasteiger partial charge in [0.05, 0.1) is 17.4 Å². The molecule has 1 aromatic heterocycles. The minimum absolute atomic E-state index is 0.0300. The van der Waals surface area contributed by atoms with Crippen molar-refractivity contribution < 1.29 is 24.5 Å². The molecule has 0 saturated heterocycles. The number of benzene rings is 1. The molecule has 1 heterocycles. The second kappa shape index (κ2) is 6.11. The van der Waals surface area contributed by atoms with E-state index in [2.05, 4.69) is 0 Å². The third-order valence-corrected chi connectivity index (χ3v) is 3.44. The standard InChI is InChI=1S/C15H13ClO6/c1-7-4-12(18)14(21)15(22-7)9(6-13(19)20)8-2-3-11(17)10(16)5-8/h2-5,9,17,21H,6H2,1H3,(H,19,20). The van der Waals surface area contributed by atoms with Crippen LogP contribution in [0.25, 0.3) is 0 Å². The summed E-state index contributed by atoms with van der Waals surface area (Å²) in [4.78, 5) is 22.8. The molecule has 2 aromatic rings.